The van der Waals surface area contributed by atoms with Gasteiger partial charge in [0.2, 0.25) is 0 Å². The number of rotatable bonds is 4. The van der Waals surface area contributed by atoms with Crippen LogP contribution in [0.5, 0.6) is 0 Å². The first-order valence-electron chi connectivity index (χ1n) is 5.19. The molecule has 0 spiro atoms. The fourth-order valence-electron chi connectivity index (χ4n) is 1.61. The molecule has 1 aliphatic carbocycles. The first-order valence-corrected chi connectivity index (χ1v) is 5.19. The normalized spacial score (nSPS) is 15.7. The van der Waals surface area contributed by atoms with Crippen molar-refractivity contribution in [1.29, 1.82) is 0 Å². The van der Waals surface area contributed by atoms with Gasteiger partial charge in [0.25, 0.3) is 0 Å². The summed E-state index contributed by atoms with van der Waals surface area (Å²) in [6.07, 6.45) is 5.37. The Morgan fingerprint density at radius 2 is 2.40 bits per heavy atom. The largest absolute Gasteiger partial charge is 0.478 e. The maximum absolute atomic E-state index is 10.7. The molecule has 1 aromatic rings. The van der Waals surface area contributed by atoms with Crippen LogP contribution >= 0.6 is 0 Å². The van der Waals surface area contributed by atoms with Gasteiger partial charge < -0.3 is 10.4 Å². The number of hydrogen-bond donors (Lipinski definition) is 2. The molecule has 1 saturated carbocycles. The molecule has 1 aliphatic rings. The van der Waals surface area contributed by atoms with Crippen molar-refractivity contribution in [2.75, 3.05) is 11.9 Å². The van der Waals surface area contributed by atoms with Crippen molar-refractivity contribution < 1.29 is 9.90 Å². The molecule has 0 unspecified atom stereocenters. The second-order valence-corrected chi connectivity index (χ2v) is 3.91. The SMILES string of the molecule is O=C(O)c1ccnc(NCC2CCC2)c1. The number of carboxylic acids is 1. The van der Waals surface area contributed by atoms with E-state index in [1.165, 1.54) is 31.5 Å². The first-order chi connectivity index (χ1) is 7.25. The first kappa shape index (κ1) is 9.96. The molecule has 4 nitrogen and oxygen atoms in total. The lowest BCUT2D eigenvalue weighted by Crippen LogP contribution is -2.21. The summed E-state index contributed by atoms with van der Waals surface area (Å²) < 4.78 is 0. The van der Waals surface area contributed by atoms with Crippen molar-refractivity contribution >= 4 is 11.8 Å². The summed E-state index contributed by atoms with van der Waals surface area (Å²) in [6.45, 7) is 0.899. The molecule has 15 heavy (non-hydrogen) atoms. The molecular weight excluding hydrogens is 192 g/mol. The minimum absolute atomic E-state index is 0.279. The van der Waals surface area contributed by atoms with Crippen LogP contribution < -0.4 is 5.32 Å². The number of nitrogens with zero attached hydrogens (tertiary/aromatic N) is 1. The Labute approximate surface area is 88.3 Å². The van der Waals surface area contributed by atoms with Crippen molar-refractivity contribution in [1.82, 2.24) is 4.98 Å². The number of pyridine rings is 1. The van der Waals surface area contributed by atoms with Crippen molar-refractivity contribution in [3.05, 3.63) is 23.9 Å². The summed E-state index contributed by atoms with van der Waals surface area (Å²) in [6, 6.07) is 3.07. The fraction of sp³-hybridized carbons (Fsp3) is 0.455. The lowest BCUT2D eigenvalue weighted by Gasteiger charge is -2.25. The van der Waals surface area contributed by atoms with Crippen LogP contribution in [0.15, 0.2) is 18.3 Å². The predicted molar refractivity (Wildman–Crippen MR) is 57.0 cm³/mol. The van der Waals surface area contributed by atoms with Crippen LogP contribution in [0.2, 0.25) is 0 Å². The van der Waals surface area contributed by atoms with E-state index in [1.54, 1.807) is 6.07 Å². The van der Waals surface area contributed by atoms with Crippen molar-refractivity contribution in [2.24, 2.45) is 5.92 Å². The third kappa shape index (κ3) is 2.46. The van der Waals surface area contributed by atoms with E-state index in [0.29, 0.717) is 5.82 Å². The zero-order valence-electron chi connectivity index (χ0n) is 8.44. The van der Waals surface area contributed by atoms with E-state index in [0.717, 1.165) is 12.5 Å². The fourth-order valence-corrected chi connectivity index (χ4v) is 1.61. The van der Waals surface area contributed by atoms with Crippen molar-refractivity contribution in [2.45, 2.75) is 19.3 Å². The Morgan fingerprint density at radius 1 is 1.60 bits per heavy atom. The molecule has 0 saturated heterocycles. The molecule has 0 radical (unpaired) electrons. The van der Waals surface area contributed by atoms with Gasteiger partial charge in [0.05, 0.1) is 5.56 Å². The highest BCUT2D eigenvalue weighted by atomic mass is 16.4. The van der Waals surface area contributed by atoms with E-state index >= 15 is 0 Å². The minimum atomic E-state index is -0.913. The van der Waals surface area contributed by atoms with E-state index in [4.69, 9.17) is 5.11 Å². The summed E-state index contributed by atoms with van der Waals surface area (Å²) >= 11 is 0. The summed E-state index contributed by atoms with van der Waals surface area (Å²) in [5.41, 5.74) is 0.279. The van der Waals surface area contributed by atoms with Crippen LogP contribution in [0.4, 0.5) is 5.82 Å². The van der Waals surface area contributed by atoms with E-state index in [-0.39, 0.29) is 5.56 Å². The van der Waals surface area contributed by atoms with Crippen LogP contribution in [-0.4, -0.2) is 22.6 Å². The number of nitrogens with one attached hydrogen (secondary N) is 1. The molecule has 0 aromatic carbocycles. The molecule has 0 atom stereocenters. The maximum atomic E-state index is 10.7. The smallest absolute Gasteiger partial charge is 0.335 e. The van der Waals surface area contributed by atoms with E-state index in [2.05, 4.69) is 10.3 Å². The molecule has 4 heteroatoms. The summed E-state index contributed by atoms with van der Waals surface area (Å²) in [7, 11) is 0. The Balaban J connectivity index is 1.94. The Morgan fingerprint density at radius 3 is 3.00 bits per heavy atom. The average molecular weight is 206 g/mol. The number of anilines is 1. The molecule has 1 fully saturated rings. The van der Waals surface area contributed by atoms with Crippen LogP contribution in [-0.2, 0) is 0 Å². The Bertz CT molecular complexity index is 361. The molecule has 1 aromatic heterocycles. The van der Waals surface area contributed by atoms with Gasteiger partial charge in [0, 0.05) is 12.7 Å². The van der Waals surface area contributed by atoms with Crippen LogP contribution in [0, 0.1) is 5.92 Å². The summed E-state index contributed by atoms with van der Waals surface area (Å²) in [5.74, 6) is 0.478. The van der Waals surface area contributed by atoms with Gasteiger partial charge in [-0.05, 0) is 30.9 Å². The maximum Gasteiger partial charge on any atom is 0.335 e. The second-order valence-electron chi connectivity index (χ2n) is 3.91. The molecule has 2 rings (SSSR count). The minimum Gasteiger partial charge on any atom is -0.478 e. The lowest BCUT2D eigenvalue weighted by molar-refractivity contribution is 0.0697. The van der Waals surface area contributed by atoms with Gasteiger partial charge in [-0.1, -0.05) is 6.42 Å². The highest BCUT2D eigenvalue weighted by Gasteiger charge is 2.16. The highest BCUT2D eigenvalue weighted by molar-refractivity contribution is 5.88. The molecule has 1 heterocycles. The van der Waals surface area contributed by atoms with Gasteiger partial charge in [0.1, 0.15) is 5.82 Å². The van der Waals surface area contributed by atoms with Crippen LogP contribution in [0.25, 0.3) is 0 Å². The Kier molecular flexibility index (Phi) is 2.85. The topological polar surface area (TPSA) is 62.2 Å². The zero-order chi connectivity index (χ0) is 10.7. The molecule has 0 amide bonds. The van der Waals surface area contributed by atoms with E-state index in [1.807, 2.05) is 0 Å². The Hall–Kier alpha value is -1.58. The van der Waals surface area contributed by atoms with E-state index < -0.39 is 5.97 Å². The molecular formula is C11H14N2O2. The number of carboxylic acid groups (broad SMARTS) is 1. The molecule has 0 bridgehead atoms. The van der Waals surface area contributed by atoms with Crippen molar-refractivity contribution in [3.63, 3.8) is 0 Å². The van der Waals surface area contributed by atoms with Crippen LogP contribution in [0.1, 0.15) is 29.6 Å². The van der Waals surface area contributed by atoms with E-state index in [9.17, 15) is 4.79 Å². The standard InChI is InChI=1S/C11H14N2O2/c14-11(15)9-4-5-12-10(6-9)13-7-8-2-1-3-8/h4-6,8H,1-3,7H2,(H,12,13)(H,14,15). The second kappa shape index (κ2) is 4.29. The average Bonchev–Trinajstić information content (AvgIpc) is 2.16. The lowest BCUT2D eigenvalue weighted by atomic mass is 9.85. The van der Waals surface area contributed by atoms with Crippen molar-refractivity contribution in [3.8, 4) is 0 Å². The van der Waals surface area contributed by atoms with Gasteiger partial charge in [0.15, 0.2) is 0 Å². The molecule has 0 aliphatic heterocycles. The van der Waals surface area contributed by atoms with Crippen LogP contribution in [0.3, 0.4) is 0 Å². The van der Waals surface area contributed by atoms with Gasteiger partial charge in [-0.25, -0.2) is 9.78 Å². The zero-order valence-corrected chi connectivity index (χ0v) is 8.44. The number of aromatic nitrogens is 1. The quantitative estimate of drug-likeness (QED) is 0.790. The number of aromatic carboxylic acids is 1. The summed E-state index contributed by atoms with van der Waals surface area (Å²) in [5, 5.41) is 12.0. The van der Waals surface area contributed by atoms with Gasteiger partial charge >= 0.3 is 5.97 Å². The van der Waals surface area contributed by atoms with Gasteiger partial charge in [-0.2, -0.15) is 0 Å². The summed E-state index contributed by atoms with van der Waals surface area (Å²) in [4.78, 5) is 14.8. The van der Waals surface area contributed by atoms with Gasteiger partial charge in [-0.15, -0.1) is 0 Å². The number of hydrogen-bond acceptors (Lipinski definition) is 3. The molecule has 2 N–H and O–H groups in total. The third-order valence-corrected chi connectivity index (χ3v) is 2.80. The van der Waals surface area contributed by atoms with Gasteiger partial charge in [-0.3, -0.25) is 0 Å². The third-order valence-electron chi connectivity index (χ3n) is 2.80. The predicted octanol–water partition coefficient (Wildman–Crippen LogP) is 1.99. The number of carbonyl (C=O) groups is 1. The molecule has 80 valence electrons. The highest BCUT2D eigenvalue weighted by Crippen LogP contribution is 2.26. The monoisotopic (exact) mass is 206 g/mol.